The van der Waals surface area contributed by atoms with Crippen LogP contribution >= 0.6 is 0 Å². The van der Waals surface area contributed by atoms with Crippen LogP contribution in [0.1, 0.15) is 44.6 Å². The molecule has 0 saturated heterocycles. The van der Waals surface area contributed by atoms with Gasteiger partial charge in [-0.25, -0.2) is 4.79 Å². The molecule has 0 unspecified atom stereocenters. The molecule has 1 aromatic rings. The molecule has 0 aromatic carbocycles. The largest absolute Gasteiger partial charge is 0.477 e. The van der Waals surface area contributed by atoms with E-state index in [-0.39, 0.29) is 5.04 Å². The molecule has 0 amide bonds. The Balaban J connectivity index is 2.30. The molecular formula is C15H28N2O4Si. The first-order valence-electron chi connectivity index (χ1n) is 7.66. The van der Waals surface area contributed by atoms with Crippen molar-refractivity contribution in [1.82, 2.24) is 10.2 Å². The van der Waals surface area contributed by atoms with E-state index >= 15 is 0 Å². The molecular weight excluding hydrogens is 300 g/mol. The Hall–Kier alpha value is -1.34. The monoisotopic (exact) mass is 328 g/mol. The summed E-state index contributed by atoms with van der Waals surface area (Å²) in [5.74, 6) is -0.0264. The standard InChI is InChI=1S/C15H28N2O4Si/c1-7-19-14(18)12-11-13(17-16-12)20-9-8-10-21-22(5,6)15(2,3)4/h11H,7-10H2,1-6H3,(H,16,17). The van der Waals surface area contributed by atoms with Crippen LogP contribution < -0.4 is 4.74 Å². The Morgan fingerprint density at radius 1 is 1.32 bits per heavy atom. The van der Waals surface area contributed by atoms with Gasteiger partial charge in [-0.1, -0.05) is 20.8 Å². The van der Waals surface area contributed by atoms with Crippen LogP contribution in [-0.4, -0.2) is 44.3 Å². The van der Waals surface area contributed by atoms with Gasteiger partial charge >= 0.3 is 5.97 Å². The summed E-state index contributed by atoms with van der Waals surface area (Å²) in [6, 6.07) is 1.55. The van der Waals surface area contributed by atoms with Gasteiger partial charge in [-0.3, -0.25) is 5.10 Å². The van der Waals surface area contributed by atoms with Crippen LogP contribution in [0.15, 0.2) is 6.07 Å². The average molecular weight is 328 g/mol. The van der Waals surface area contributed by atoms with Crippen molar-refractivity contribution in [2.24, 2.45) is 0 Å². The summed E-state index contributed by atoms with van der Waals surface area (Å²) in [4.78, 5) is 11.5. The minimum Gasteiger partial charge on any atom is -0.477 e. The zero-order valence-corrected chi connectivity index (χ0v) is 15.5. The Morgan fingerprint density at radius 3 is 2.59 bits per heavy atom. The lowest BCUT2D eigenvalue weighted by molar-refractivity contribution is 0.0519. The predicted octanol–water partition coefficient (Wildman–Crippen LogP) is 3.38. The third-order valence-electron chi connectivity index (χ3n) is 3.86. The third kappa shape index (κ3) is 5.45. The molecule has 1 N–H and O–H groups in total. The van der Waals surface area contributed by atoms with Crippen molar-refractivity contribution in [3.63, 3.8) is 0 Å². The molecule has 1 rings (SSSR count). The van der Waals surface area contributed by atoms with Crippen LogP contribution in [0.25, 0.3) is 0 Å². The third-order valence-corrected chi connectivity index (χ3v) is 8.40. The quantitative estimate of drug-likeness (QED) is 0.450. The van der Waals surface area contributed by atoms with Crippen molar-refractivity contribution in [1.29, 1.82) is 0 Å². The maximum atomic E-state index is 11.5. The number of H-pyrrole nitrogens is 1. The van der Waals surface area contributed by atoms with Gasteiger partial charge in [0.15, 0.2) is 8.32 Å². The molecule has 6 nitrogen and oxygen atoms in total. The fraction of sp³-hybridized carbons (Fsp3) is 0.733. The molecule has 0 aliphatic rings. The van der Waals surface area contributed by atoms with E-state index in [2.05, 4.69) is 44.1 Å². The number of carbonyl (C=O) groups excluding carboxylic acids is 1. The van der Waals surface area contributed by atoms with Gasteiger partial charge in [0, 0.05) is 19.1 Å². The van der Waals surface area contributed by atoms with Gasteiger partial charge < -0.3 is 13.9 Å². The summed E-state index contributed by atoms with van der Waals surface area (Å²) in [6.07, 6.45) is 0.786. The molecule has 0 atom stereocenters. The van der Waals surface area contributed by atoms with Gasteiger partial charge in [0.05, 0.1) is 13.2 Å². The van der Waals surface area contributed by atoms with Gasteiger partial charge in [0.2, 0.25) is 5.88 Å². The van der Waals surface area contributed by atoms with E-state index in [1.165, 1.54) is 0 Å². The number of nitrogens with one attached hydrogen (secondary N) is 1. The van der Waals surface area contributed by atoms with Crippen molar-refractivity contribution >= 4 is 14.3 Å². The second kappa shape index (κ2) is 7.78. The summed E-state index contributed by atoms with van der Waals surface area (Å²) in [5.41, 5.74) is 0.300. The van der Waals surface area contributed by atoms with Crippen LogP contribution in [0.2, 0.25) is 18.1 Å². The molecule has 0 fully saturated rings. The molecule has 7 heteroatoms. The lowest BCUT2D eigenvalue weighted by atomic mass is 10.2. The molecule has 1 heterocycles. The van der Waals surface area contributed by atoms with Crippen molar-refractivity contribution in [3.8, 4) is 5.88 Å². The summed E-state index contributed by atoms with van der Waals surface area (Å²) in [5, 5.41) is 6.74. The highest BCUT2D eigenvalue weighted by Crippen LogP contribution is 2.36. The molecule has 0 aliphatic carbocycles. The van der Waals surface area contributed by atoms with Crippen molar-refractivity contribution in [2.75, 3.05) is 19.8 Å². The fourth-order valence-corrected chi connectivity index (χ4v) is 2.56. The van der Waals surface area contributed by atoms with Crippen LogP contribution in [0.3, 0.4) is 0 Å². The zero-order valence-electron chi connectivity index (χ0n) is 14.5. The lowest BCUT2D eigenvalue weighted by Gasteiger charge is -2.36. The number of ether oxygens (including phenoxy) is 2. The number of hydrogen-bond donors (Lipinski definition) is 1. The van der Waals surface area contributed by atoms with Crippen molar-refractivity contribution in [3.05, 3.63) is 11.8 Å². The Kier molecular flexibility index (Phi) is 6.61. The topological polar surface area (TPSA) is 73.4 Å². The molecule has 0 bridgehead atoms. The number of nitrogens with zero attached hydrogens (tertiary/aromatic N) is 1. The second-order valence-corrected chi connectivity index (χ2v) is 11.5. The number of rotatable bonds is 8. The van der Waals surface area contributed by atoms with Crippen LogP contribution in [-0.2, 0) is 9.16 Å². The number of esters is 1. The smallest absolute Gasteiger partial charge is 0.356 e. The van der Waals surface area contributed by atoms with E-state index in [4.69, 9.17) is 13.9 Å². The minimum absolute atomic E-state index is 0.213. The van der Waals surface area contributed by atoms with Crippen molar-refractivity contribution < 1.29 is 18.7 Å². The highest BCUT2D eigenvalue weighted by atomic mass is 28.4. The highest BCUT2D eigenvalue weighted by molar-refractivity contribution is 6.74. The van der Waals surface area contributed by atoms with E-state index in [9.17, 15) is 4.79 Å². The number of aromatic nitrogens is 2. The Labute approximate surface area is 133 Å². The van der Waals surface area contributed by atoms with Gasteiger partial charge in [0.1, 0.15) is 5.69 Å². The Morgan fingerprint density at radius 2 is 2.00 bits per heavy atom. The van der Waals surface area contributed by atoms with Gasteiger partial charge in [-0.05, 0) is 25.1 Å². The van der Waals surface area contributed by atoms with Gasteiger partial charge in [-0.2, -0.15) is 0 Å². The number of hydrogen-bond acceptors (Lipinski definition) is 5. The van der Waals surface area contributed by atoms with E-state index in [1.54, 1.807) is 13.0 Å². The maximum Gasteiger partial charge on any atom is 0.356 e. The lowest BCUT2D eigenvalue weighted by Crippen LogP contribution is -2.41. The highest BCUT2D eigenvalue weighted by Gasteiger charge is 2.36. The summed E-state index contributed by atoms with van der Waals surface area (Å²) in [7, 11) is -1.69. The summed E-state index contributed by atoms with van der Waals surface area (Å²) >= 11 is 0. The van der Waals surface area contributed by atoms with Crippen LogP contribution in [0.5, 0.6) is 5.88 Å². The molecule has 1 aromatic heterocycles. The molecule has 0 aliphatic heterocycles. The minimum atomic E-state index is -1.69. The number of carbonyl (C=O) groups is 1. The van der Waals surface area contributed by atoms with E-state index in [0.717, 1.165) is 6.42 Å². The van der Waals surface area contributed by atoms with E-state index < -0.39 is 14.3 Å². The predicted molar refractivity (Wildman–Crippen MR) is 87.8 cm³/mol. The van der Waals surface area contributed by atoms with Crippen LogP contribution in [0.4, 0.5) is 0 Å². The molecule has 22 heavy (non-hydrogen) atoms. The molecule has 0 radical (unpaired) electrons. The van der Waals surface area contributed by atoms with E-state index in [1.807, 2.05) is 0 Å². The second-order valence-electron chi connectivity index (χ2n) is 6.65. The first-order valence-corrected chi connectivity index (χ1v) is 10.6. The Bertz CT molecular complexity index is 480. The zero-order chi connectivity index (χ0) is 16.8. The maximum absolute atomic E-state index is 11.5. The SMILES string of the molecule is CCOC(=O)c1cc(OCCCO[Si](C)(C)C(C)(C)C)n[nH]1. The summed E-state index contributed by atoms with van der Waals surface area (Å²) in [6.45, 7) is 14.4. The van der Waals surface area contributed by atoms with Gasteiger partial charge in [-0.15, -0.1) is 5.10 Å². The van der Waals surface area contributed by atoms with Crippen molar-refractivity contribution in [2.45, 2.75) is 52.2 Å². The van der Waals surface area contributed by atoms with E-state index in [0.29, 0.717) is 31.4 Å². The molecule has 0 saturated carbocycles. The number of aromatic amines is 1. The molecule has 126 valence electrons. The summed E-state index contributed by atoms with van der Waals surface area (Å²) < 4.78 is 16.4. The first kappa shape index (κ1) is 18.7. The fourth-order valence-electron chi connectivity index (χ4n) is 1.47. The van der Waals surface area contributed by atoms with Crippen LogP contribution in [0, 0.1) is 0 Å². The normalized spacial score (nSPS) is 12.3. The molecule has 0 spiro atoms. The average Bonchev–Trinajstić information content (AvgIpc) is 2.86. The van der Waals surface area contributed by atoms with Gasteiger partial charge in [0.25, 0.3) is 0 Å². The first-order chi connectivity index (χ1) is 10.2.